The number of benzene rings is 2. The van der Waals surface area contributed by atoms with Crippen LogP contribution in [0.4, 0.5) is 0 Å². The molecule has 7 heteroatoms. The van der Waals surface area contributed by atoms with Gasteiger partial charge in [-0.3, -0.25) is 9.59 Å². The second-order valence-corrected chi connectivity index (χ2v) is 5.45. The third-order valence-corrected chi connectivity index (χ3v) is 3.45. The SMILES string of the molecule is O=Cc1cc(O)cc(C(=O)NCCOCCOc2cccc(CO)c2)c1. The van der Waals surface area contributed by atoms with E-state index < -0.39 is 5.91 Å². The van der Waals surface area contributed by atoms with Crippen LogP contribution in [0.15, 0.2) is 42.5 Å². The number of hydrogen-bond acceptors (Lipinski definition) is 6. The standard InChI is InChI=1S/C19H21NO6/c21-12-14-2-1-3-18(10-14)26-7-6-25-5-4-20-19(24)16-8-15(13-22)9-17(23)11-16/h1-3,8-11,13,21,23H,4-7,12H2,(H,20,24). The van der Waals surface area contributed by atoms with E-state index in [1.807, 2.05) is 0 Å². The zero-order valence-corrected chi connectivity index (χ0v) is 14.2. The Balaban J connectivity index is 1.63. The summed E-state index contributed by atoms with van der Waals surface area (Å²) in [5, 5.41) is 21.2. The quantitative estimate of drug-likeness (QED) is 0.439. The highest BCUT2D eigenvalue weighted by molar-refractivity contribution is 5.96. The third kappa shape index (κ3) is 6.19. The van der Waals surface area contributed by atoms with Crippen LogP contribution in [0.3, 0.4) is 0 Å². The van der Waals surface area contributed by atoms with Gasteiger partial charge in [-0.1, -0.05) is 12.1 Å². The van der Waals surface area contributed by atoms with Crippen LogP contribution in [-0.4, -0.2) is 48.8 Å². The molecule has 3 N–H and O–H groups in total. The number of aldehydes is 1. The first-order chi connectivity index (χ1) is 12.6. The van der Waals surface area contributed by atoms with Crippen LogP contribution >= 0.6 is 0 Å². The molecule has 0 aliphatic carbocycles. The van der Waals surface area contributed by atoms with Gasteiger partial charge in [0.25, 0.3) is 5.91 Å². The largest absolute Gasteiger partial charge is 0.508 e. The Bertz CT molecular complexity index is 747. The molecule has 0 aromatic heterocycles. The predicted molar refractivity (Wildman–Crippen MR) is 94.5 cm³/mol. The molecule has 2 aromatic rings. The molecule has 2 rings (SSSR count). The van der Waals surface area contributed by atoms with E-state index >= 15 is 0 Å². The van der Waals surface area contributed by atoms with E-state index in [4.69, 9.17) is 14.6 Å². The number of aliphatic hydroxyl groups is 1. The van der Waals surface area contributed by atoms with Gasteiger partial charge in [-0.15, -0.1) is 0 Å². The van der Waals surface area contributed by atoms with Gasteiger partial charge in [-0.2, -0.15) is 0 Å². The van der Waals surface area contributed by atoms with E-state index in [2.05, 4.69) is 5.32 Å². The van der Waals surface area contributed by atoms with Crippen molar-refractivity contribution < 1.29 is 29.3 Å². The molecule has 1 amide bonds. The van der Waals surface area contributed by atoms with Crippen molar-refractivity contribution in [3.05, 3.63) is 59.2 Å². The fourth-order valence-corrected chi connectivity index (χ4v) is 2.23. The number of phenols is 1. The Morgan fingerprint density at radius 3 is 2.73 bits per heavy atom. The molecule has 0 unspecified atom stereocenters. The molecule has 0 aliphatic heterocycles. The van der Waals surface area contributed by atoms with Crippen molar-refractivity contribution in [2.24, 2.45) is 0 Å². The van der Waals surface area contributed by atoms with Gasteiger partial charge in [0.15, 0.2) is 0 Å². The molecule has 0 fully saturated rings. The van der Waals surface area contributed by atoms with Crippen LogP contribution in [0, 0.1) is 0 Å². The van der Waals surface area contributed by atoms with Gasteiger partial charge in [0.1, 0.15) is 24.4 Å². The topological polar surface area (TPSA) is 105 Å². The van der Waals surface area contributed by atoms with Crippen molar-refractivity contribution in [3.8, 4) is 11.5 Å². The number of ether oxygens (including phenoxy) is 2. The highest BCUT2D eigenvalue weighted by atomic mass is 16.5. The van der Waals surface area contributed by atoms with Gasteiger partial charge in [0.05, 0.1) is 19.8 Å². The molecule has 0 saturated heterocycles. The summed E-state index contributed by atoms with van der Waals surface area (Å²) >= 11 is 0. The Kier molecular flexibility index (Phi) is 7.60. The molecule has 0 aliphatic rings. The molecule has 0 atom stereocenters. The van der Waals surface area contributed by atoms with Gasteiger partial charge in [-0.25, -0.2) is 0 Å². The summed E-state index contributed by atoms with van der Waals surface area (Å²) in [6, 6.07) is 11.1. The van der Waals surface area contributed by atoms with Gasteiger partial charge >= 0.3 is 0 Å². The average Bonchev–Trinajstić information content (AvgIpc) is 2.66. The summed E-state index contributed by atoms with van der Waals surface area (Å²) < 4.78 is 10.9. The molecule has 0 saturated carbocycles. The Morgan fingerprint density at radius 1 is 1.12 bits per heavy atom. The number of aromatic hydroxyl groups is 1. The second kappa shape index (κ2) is 10.2. The van der Waals surface area contributed by atoms with E-state index in [1.165, 1.54) is 18.2 Å². The lowest BCUT2D eigenvalue weighted by Gasteiger charge is -2.09. The second-order valence-electron chi connectivity index (χ2n) is 5.45. The van der Waals surface area contributed by atoms with E-state index in [-0.39, 0.29) is 30.0 Å². The van der Waals surface area contributed by atoms with Crippen molar-refractivity contribution in [2.45, 2.75) is 6.61 Å². The maximum Gasteiger partial charge on any atom is 0.251 e. The number of amides is 1. The molecule has 2 aromatic carbocycles. The first-order valence-electron chi connectivity index (χ1n) is 8.10. The molecular weight excluding hydrogens is 338 g/mol. The van der Waals surface area contributed by atoms with Gasteiger partial charge < -0.3 is 25.0 Å². The fourth-order valence-electron chi connectivity index (χ4n) is 2.23. The lowest BCUT2D eigenvalue weighted by molar-refractivity contribution is 0.0866. The van der Waals surface area contributed by atoms with Gasteiger partial charge in [0, 0.05) is 17.7 Å². The van der Waals surface area contributed by atoms with E-state index in [0.29, 0.717) is 31.9 Å². The van der Waals surface area contributed by atoms with Crippen LogP contribution in [0.2, 0.25) is 0 Å². The third-order valence-electron chi connectivity index (χ3n) is 3.45. The maximum atomic E-state index is 12.0. The predicted octanol–water partition coefficient (Wildman–Crippen LogP) is 1.52. The van der Waals surface area contributed by atoms with Gasteiger partial charge in [0.2, 0.25) is 0 Å². The summed E-state index contributed by atoms with van der Waals surface area (Å²) in [4.78, 5) is 22.7. The summed E-state index contributed by atoms with van der Waals surface area (Å²) in [5.74, 6) is 0.117. The van der Waals surface area contributed by atoms with Crippen molar-refractivity contribution >= 4 is 12.2 Å². The first-order valence-corrected chi connectivity index (χ1v) is 8.10. The van der Waals surface area contributed by atoms with Crippen LogP contribution in [0.25, 0.3) is 0 Å². The summed E-state index contributed by atoms with van der Waals surface area (Å²) in [7, 11) is 0. The minimum atomic E-state index is -0.398. The van der Waals surface area contributed by atoms with Crippen LogP contribution in [0.5, 0.6) is 11.5 Å². The first kappa shape index (κ1) is 19.4. The zero-order valence-electron chi connectivity index (χ0n) is 14.2. The molecule has 0 radical (unpaired) electrons. The Morgan fingerprint density at radius 2 is 1.96 bits per heavy atom. The van der Waals surface area contributed by atoms with Crippen LogP contribution < -0.4 is 10.1 Å². The highest BCUT2D eigenvalue weighted by Crippen LogP contribution is 2.14. The Labute approximate surface area is 151 Å². The van der Waals surface area contributed by atoms with E-state index in [1.54, 1.807) is 24.3 Å². The number of nitrogens with one attached hydrogen (secondary N) is 1. The lowest BCUT2D eigenvalue weighted by Crippen LogP contribution is -2.27. The average molecular weight is 359 g/mol. The van der Waals surface area contributed by atoms with Crippen molar-refractivity contribution in [3.63, 3.8) is 0 Å². The van der Waals surface area contributed by atoms with E-state index in [0.717, 1.165) is 5.56 Å². The lowest BCUT2D eigenvalue weighted by atomic mass is 10.1. The van der Waals surface area contributed by atoms with E-state index in [9.17, 15) is 14.7 Å². The number of aliphatic hydroxyl groups excluding tert-OH is 1. The molecule has 26 heavy (non-hydrogen) atoms. The smallest absolute Gasteiger partial charge is 0.251 e. The molecule has 138 valence electrons. The minimum absolute atomic E-state index is 0.0407. The normalized spacial score (nSPS) is 10.3. The fraction of sp³-hybridized carbons (Fsp3) is 0.263. The molecule has 7 nitrogen and oxygen atoms in total. The van der Waals surface area contributed by atoms with Crippen LogP contribution in [-0.2, 0) is 11.3 Å². The van der Waals surface area contributed by atoms with Crippen molar-refractivity contribution in [1.82, 2.24) is 5.32 Å². The van der Waals surface area contributed by atoms with Crippen molar-refractivity contribution in [2.75, 3.05) is 26.4 Å². The molecule has 0 spiro atoms. The van der Waals surface area contributed by atoms with Crippen LogP contribution in [0.1, 0.15) is 26.3 Å². The summed E-state index contributed by atoms with van der Waals surface area (Å²) in [6.45, 7) is 1.23. The molecular formula is C19H21NO6. The van der Waals surface area contributed by atoms with Gasteiger partial charge in [-0.05, 0) is 35.9 Å². The maximum absolute atomic E-state index is 12.0. The summed E-state index contributed by atoms with van der Waals surface area (Å²) in [5.41, 5.74) is 1.21. The Hall–Kier alpha value is -2.90. The molecule has 0 bridgehead atoms. The van der Waals surface area contributed by atoms with Crippen molar-refractivity contribution in [1.29, 1.82) is 0 Å². The number of hydrogen-bond donors (Lipinski definition) is 3. The summed E-state index contributed by atoms with van der Waals surface area (Å²) in [6.07, 6.45) is 0.565. The minimum Gasteiger partial charge on any atom is -0.508 e. The number of carbonyl (C=O) groups excluding carboxylic acids is 2. The number of rotatable bonds is 10. The highest BCUT2D eigenvalue weighted by Gasteiger charge is 2.08. The number of carbonyl (C=O) groups is 2. The zero-order chi connectivity index (χ0) is 18.8. The molecule has 0 heterocycles. The monoisotopic (exact) mass is 359 g/mol. The number of phenolic OH excluding ortho intramolecular Hbond substituents is 1.